The van der Waals surface area contributed by atoms with Crippen molar-refractivity contribution < 1.29 is 17.6 Å². The number of likely N-dealkylation sites (N-methyl/N-ethyl adjacent to an activating group) is 1. The van der Waals surface area contributed by atoms with Crippen LogP contribution >= 0.6 is 0 Å². The van der Waals surface area contributed by atoms with Crippen LogP contribution < -0.4 is 5.76 Å². The summed E-state index contributed by atoms with van der Waals surface area (Å²) in [4.78, 5) is 27.1. The first-order valence-corrected chi connectivity index (χ1v) is 12.7. The number of sulfonamides is 1. The number of aromatic nitrogens is 1. The number of carbonyl (C=O) groups is 1. The number of carbonyl (C=O) groups excluding carboxylic acids is 1. The van der Waals surface area contributed by atoms with Crippen LogP contribution in [0.1, 0.15) is 57.8 Å². The van der Waals surface area contributed by atoms with E-state index in [1.807, 2.05) is 0 Å². The topological polar surface area (TPSA) is 92.8 Å². The van der Waals surface area contributed by atoms with Gasteiger partial charge in [-0.15, -0.1) is 0 Å². The highest BCUT2D eigenvalue weighted by Crippen LogP contribution is 2.25. The minimum absolute atomic E-state index is 0.114. The number of benzene rings is 1. The number of nitrogens with zero attached hydrogens (tertiary/aromatic N) is 3. The molecule has 8 nitrogen and oxygen atoms in total. The van der Waals surface area contributed by atoms with E-state index in [1.54, 1.807) is 18.0 Å². The number of amides is 1. The number of oxazole rings is 1. The zero-order valence-electron chi connectivity index (χ0n) is 18.1. The third kappa shape index (κ3) is 4.57. The van der Waals surface area contributed by atoms with Crippen molar-refractivity contribution in [1.29, 1.82) is 0 Å². The molecule has 1 aliphatic heterocycles. The Balaban J connectivity index is 1.57. The molecule has 1 aliphatic carbocycles. The second-order valence-corrected chi connectivity index (χ2v) is 10.6. The van der Waals surface area contributed by atoms with Crippen LogP contribution in [0.25, 0.3) is 11.1 Å². The highest BCUT2D eigenvalue weighted by molar-refractivity contribution is 7.89. The largest absolute Gasteiger partial charge is 0.420 e. The van der Waals surface area contributed by atoms with Crippen molar-refractivity contribution in [1.82, 2.24) is 13.8 Å². The second kappa shape index (κ2) is 9.16. The van der Waals surface area contributed by atoms with Gasteiger partial charge in [-0.1, -0.05) is 32.1 Å². The van der Waals surface area contributed by atoms with Crippen LogP contribution in [-0.2, 0) is 21.4 Å². The molecule has 31 heavy (non-hydrogen) atoms. The minimum Gasteiger partial charge on any atom is -0.408 e. The van der Waals surface area contributed by atoms with Gasteiger partial charge < -0.3 is 9.32 Å². The predicted octanol–water partition coefficient (Wildman–Crippen LogP) is 2.95. The summed E-state index contributed by atoms with van der Waals surface area (Å²) in [5, 5.41) is 0. The number of fused-ring (bicyclic) bond motifs is 1. The van der Waals surface area contributed by atoms with Crippen molar-refractivity contribution in [3.05, 3.63) is 28.7 Å². The van der Waals surface area contributed by atoms with Gasteiger partial charge in [-0.3, -0.25) is 9.36 Å². The van der Waals surface area contributed by atoms with Crippen LogP contribution in [0.2, 0.25) is 0 Å². The Morgan fingerprint density at radius 1 is 1.06 bits per heavy atom. The van der Waals surface area contributed by atoms with Gasteiger partial charge in [0.2, 0.25) is 15.9 Å². The van der Waals surface area contributed by atoms with Crippen molar-refractivity contribution >= 4 is 27.0 Å². The first-order valence-electron chi connectivity index (χ1n) is 11.3. The molecular weight excluding hydrogens is 418 g/mol. The Kier molecular flexibility index (Phi) is 6.52. The smallest absolute Gasteiger partial charge is 0.408 e. The number of hydrogen-bond acceptors (Lipinski definition) is 5. The summed E-state index contributed by atoms with van der Waals surface area (Å²) in [6.07, 6.45) is 9.18. The molecule has 2 fully saturated rings. The molecule has 4 rings (SSSR count). The Morgan fingerprint density at radius 2 is 1.71 bits per heavy atom. The lowest BCUT2D eigenvalue weighted by molar-refractivity contribution is -0.133. The summed E-state index contributed by atoms with van der Waals surface area (Å²) in [5.41, 5.74) is 0.624. The minimum atomic E-state index is -3.64. The van der Waals surface area contributed by atoms with Crippen LogP contribution in [0.4, 0.5) is 0 Å². The maximum Gasteiger partial charge on any atom is 0.420 e. The maximum atomic E-state index is 13.1. The fourth-order valence-electron chi connectivity index (χ4n) is 4.71. The lowest BCUT2D eigenvalue weighted by Crippen LogP contribution is -2.41. The molecule has 0 radical (unpaired) electrons. The molecule has 1 amide bonds. The summed E-state index contributed by atoms with van der Waals surface area (Å²) in [7, 11) is -1.86. The van der Waals surface area contributed by atoms with E-state index in [0.29, 0.717) is 18.6 Å². The first-order chi connectivity index (χ1) is 14.9. The van der Waals surface area contributed by atoms with Gasteiger partial charge in [0.25, 0.3) is 0 Å². The summed E-state index contributed by atoms with van der Waals surface area (Å²) < 4.78 is 34.2. The molecule has 1 aromatic carbocycles. The standard InChI is InChI=1S/C22H31N3O5S/c1-23(17-9-5-4-6-10-17)21(26)16-25-19-12-11-18(15-20(19)30-22(25)27)31(28,29)24-13-7-2-3-8-14-24/h11-12,15,17H,2-10,13-14,16H2,1H3. The van der Waals surface area contributed by atoms with E-state index in [0.717, 1.165) is 51.4 Å². The van der Waals surface area contributed by atoms with Crippen molar-refractivity contribution in [3.63, 3.8) is 0 Å². The van der Waals surface area contributed by atoms with Crippen molar-refractivity contribution in [2.45, 2.75) is 75.3 Å². The molecule has 0 atom stereocenters. The van der Waals surface area contributed by atoms with Gasteiger partial charge in [-0.25, -0.2) is 13.2 Å². The van der Waals surface area contributed by atoms with Gasteiger partial charge in [-0.05, 0) is 37.8 Å². The molecule has 9 heteroatoms. The summed E-state index contributed by atoms with van der Waals surface area (Å²) in [6.45, 7) is 0.901. The molecule has 2 heterocycles. The average molecular weight is 450 g/mol. The fourth-order valence-corrected chi connectivity index (χ4v) is 6.24. The van der Waals surface area contributed by atoms with Gasteiger partial charge in [0.1, 0.15) is 6.54 Å². The highest BCUT2D eigenvalue weighted by Gasteiger charge is 2.27. The van der Waals surface area contributed by atoms with E-state index in [-0.39, 0.29) is 29.0 Å². The second-order valence-electron chi connectivity index (χ2n) is 8.70. The molecule has 1 saturated carbocycles. The Bertz CT molecular complexity index is 1090. The summed E-state index contributed by atoms with van der Waals surface area (Å²) >= 11 is 0. The molecule has 1 aromatic heterocycles. The van der Waals surface area contributed by atoms with E-state index in [9.17, 15) is 18.0 Å². The fraction of sp³-hybridized carbons (Fsp3) is 0.636. The van der Waals surface area contributed by atoms with Crippen LogP contribution in [0, 0.1) is 0 Å². The Morgan fingerprint density at radius 3 is 2.39 bits per heavy atom. The quantitative estimate of drug-likeness (QED) is 0.700. The van der Waals surface area contributed by atoms with Crippen LogP contribution in [0.3, 0.4) is 0 Å². The van der Waals surface area contributed by atoms with E-state index in [1.165, 1.54) is 27.4 Å². The van der Waals surface area contributed by atoms with E-state index >= 15 is 0 Å². The van der Waals surface area contributed by atoms with Gasteiger partial charge in [0.05, 0.1) is 10.4 Å². The zero-order valence-corrected chi connectivity index (χ0v) is 18.9. The highest BCUT2D eigenvalue weighted by atomic mass is 32.2. The first kappa shape index (κ1) is 22.1. The normalized spacial score (nSPS) is 19.4. The van der Waals surface area contributed by atoms with Crippen molar-refractivity contribution in [2.75, 3.05) is 20.1 Å². The lowest BCUT2D eigenvalue weighted by Gasteiger charge is -2.31. The number of hydrogen-bond donors (Lipinski definition) is 0. The van der Waals surface area contributed by atoms with E-state index in [2.05, 4.69) is 0 Å². The molecule has 0 N–H and O–H groups in total. The van der Waals surface area contributed by atoms with E-state index < -0.39 is 15.8 Å². The molecule has 1 saturated heterocycles. The third-order valence-electron chi connectivity index (χ3n) is 6.65. The molecule has 2 aromatic rings. The average Bonchev–Trinajstić information content (AvgIpc) is 2.94. The molecule has 0 unspecified atom stereocenters. The van der Waals surface area contributed by atoms with Gasteiger partial charge in [-0.2, -0.15) is 4.31 Å². The summed E-state index contributed by atoms with van der Waals surface area (Å²) in [6, 6.07) is 4.69. The SMILES string of the molecule is CN(C(=O)Cn1c(=O)oc2cc(S(=O)(=O)N3CCCCCC3)ccc21)C1CCCCC1. The zero-order chi connectivity index (χ0) is 22.0. The molecule has 0 bridgehead atoms. The molecular formula is C22H31N3O5S. The number of rotatable bonds is 5. The van der Waals surface area contributed by atoms with E-state index in [4.69, 9.17) is 4.42 Å². The van der Waals surface area contributed by atoms with Gasteiger partial charge in [0.15, 0.2) is 5.58 Å². The van der Waals surface area contributed by atoms with Crippen LogP contribution in [-0.4, -0.2) is 54.3 Å². The van der Waals surface area contributed by atoms with Crippen molar-refractivity contribution in [2.24, 2.45) is 0 Å². The van der Waals surface area contributed by atoms with Crippen molar-refractivity contribution in [3.8, 4) is 0 Å². The van der Waals surface area contributed by atoms with Crippen LogP contribution in [0.15, 0.2) is 32.3 Å². The van der Waals surface area contributed by atoms with Gasteiger partial charge >= 0.3 is 5.76 Å². The Hall–Kier alpha value is -2.13. The molecule has 170 valence electrons. The Labute approximate surface area is 182 Å². The lowest BCUT2D eigenvalue weighted by atomic mass is 9.94. The third-order valence-corrected chi connectivity index (χ3v) is 8.55. The monoisotopic (exact) mass is 449 g/mol. The molecule has 0 spiro atoms. The summed E-state index contributed by atoms with van der Waals surface area (Å²) in [5.74, 6) is -0.789. The molecule has 2 aliphatic rings. The maximum absolute atomic E-state index is 13.1. The van der Waals surface area contributed by atoms with Gasteiger partial charge in [0, 0.05) is 32.2 Å². The van der Waals surface area contributed by atoms with Crippen LogP contribution in [0.5, 0.6) is 0 Å². The predicted molar refractivity (Wildman–Crippen MR) is 117 cm³/mol.